The minimum Gasteiger partial charge on any atom is -0.443 e. The zero-order valence-electron chi connectivity index (χ0n) is 8.45. The van der Waals surface area contributed by atoms with Crippen LogP contribution >= 0.6 is 24.0 Å². The number of benzene rings is 1. The molecule has 1 aromatic rings. The number of hydrogen-bond acceptors (Lipinski definition) is 2. The first-order valence-corrected chi connectivity index (χ1v) is 4.93. The maximum Gasteiger partial charge on any atom is 0.408 e. The standard InChI is InChI=1S/C10H8ClF2NO2.ClH/c11-7-3-1-2-6(4-7)8-10(12,13)5-16-9(15)14-8;/h1-4,8H,5H2,(H,14,15);1H/t8-;/m1./s1. The molecule has 0 saturated carbocycles. The summed E-state index contributed by atoms with van der Waals surface area (Å²) >= 11 is 5.70. The number of amides is 1. The van der Waals surface area contributed by atoms with Gasteiger partial charge in [0, 0.05) is 5.02 Å². The van der Waals surface area contributed by atoms with Crippen LogP contribution in [0.4, 0.5) is 13.6 Å². The van der Waals surface area contributed by atoms with E-state index in [1.807, 2.05) is 0 Å². The first-order chi connectivity index (χ1) is 7.49. The normalized spacial score (nSPS) is 22.1. The van der Waals surface area contributed by atoms with Crippen LogP contribution in [0.15, 0.2) is 24.3 Å². The van der Waals surface area contributed by atoms with Gasteiger partial charge in [0.25, 0.3) is 0 Å². The van der Waals surface area contributed by atoms with E-state index < -0.39 is 24.7 Å². The molecule has 1 amide bonds. The number of carbonyl (C=O) groups excluding carboxylic acids is 1. The third-order valence-corrected chi connectivity index (χ3v) is 2.50. The highest BCUT2D eigenvalue weighted by Gasteiger charge is 2.46. The molecule has 1 N–H and O–H groups in total. The van der Waals surface area contributed by atoms with Crippen molar-refractivity contribution in [3.63, 3.8) is 0 Å². The molecule has 1 aliphatic rings. The molecule has 0 bridgehead atoms. The van der Waals surface area contributed by atoms with Gasteiger partial charge in [0.1, 0.15) is 6.04 Å². The van der Waals surface area contributed by atoms with Gasteiger partial charge in [-0.15, -0.1) is 12.4 Å². The first-order valence-electron chi connectivity index (χ1n) is 4.55. The Morgan fingerprint density at radius 1 is 1.47 bits per heavy atom. The minimum absolute atomic E-state index is 0. The Morgan fingerprint density at radius 2 is 2.18 bits per heavy atom. The molecule has 2 rings (SSSR count). The molecular formula is C10H9Cl2F2NO2. The molecule has 0 spiro atoms. The molecule has 1 saturated heterocycles. The molecular weight excluding hydrogens is 275 g/mol. The largest absolute Gasteiger partial charge is 0.443 e. The number of ether oxygens (including phenoxy) is 1. The fraction of sp³-hybridized carbons (Fsp3) is 0.300. The van der Waals surface area contributed by atoms with Crippen molar-refractivity contribution in [3.8, 4) is 0 Å². The summed E-state index contributed by atoms with van der Waals surface area (Å²) in [5, 5.41) is 2.42. The molecule has 0 aliphatic carbocycles. The number of nitrogens with one attached hydrogen (secondary N) is 1. The van der Waals surface area contributed by atoms with Gasteiger partial charge in [0.05, 0.1) is 0 Å². The van der Waals surface area contributed by atoms with Crippen molar-refractivity contribution in [1.29, 1.82) is 0 Å². The Labute approximate surface area is 107 Å². The van der Waals surface area contributed by atoms with Crippen LogP contribution in [0.5, 0.6) is 0 Å². The molecule has 0 aromatic heterocycles. The average molecular weight is 284 g/mol. The van der Waals surface area contributed by atoms with Gasteiger partial charge >= 0.3 is 12.0 Å². The molecule has 7 heteroatoms. The maximum absolute atomic E-state index is 13.5. The highest BCUT2D eigenvalue weighted by atomic mass is 35.5. The molecule has 1 atom stereocenters. The van der Waals surface area contributed by atoms with E-state index in [0.717, 1.165) is 0 Å². The highest BCUT2D eigenvalue weighted by molar-refractivity contribution is 6.30. The van der Waals surface area contributed by atoms with Gasteiger partial charge in [0.2, 0.25) is 0 Å². The second kappa shape index (κ2) is 5.06. The lowest BCUT2D eigenvalue weighted by Crippen LogP contribution is -2.49. The fourth-order valence-electron chi connectivity index (χ4n) is 1.52. The van der Waals surface area contributed by atoms with Gasteiger partial charge in [-0.3, -0.25) is 0 Å². The summed E-state index contributed by atoms with van der Waals surface area (Å²) in [7, 11) is 0. The number of hydrogen-bond donors (Lipinski definition) is 1. The van der Waals surface area contributed by atoms with Crippen molar-refractivity contribution >= 4 is 30.1 Å². The summed E-state index contributed by atoms with van der Waals surface area (Å²) in [6.07, 6.45) is -0.851. The van der Waals surface area contributed by atoms with E-state index in [1.54, 1.807) is 12.1 Å². The average Bonchev–Trinajstić information content (AvgIpc) is 2.22. The van der Waals surface area contributed by atoms with Crippen LogP contribution in [0.1, 0.15) is 11.6 Å². The van der Waals surface area contributed by atoms with Crippen molar-refractivity contribution in [3.05, 3.63) is 34.9 Å². The van der Waals surface area contributed by atoms with Crippen LogP contribution < -0.4 is 5.32 Å². The van der Waals surface area contributed by atoms with Crippen molar-refractivity contribution < 1.29 is 18.3 Å². The van der Waals surface area contributed by atoms with E-state index in [-0.39, 0.29) is 18.0 Å². The smallest absolute Gasteiger partial charge is 0.408 e. The van der Waals surface area contributed by atoms with Crippen molar-refractivity contribution in [2.45, 2.75) is 12.0 Å². The summed E-state index contributed by atoms with van der Waals surface area (Å²) in [4.78, 5) is 10.9. The number of rotatable bonds is 1. The maximum atomic E-state index is 13.5. The molecule has 1 aliphatic heterocycles. The van der Waals surface area contributed by atoms with Gasteiger partial charge in [-0.05, 0) is 17.7 Å². The second-order valence-corrected chi connectivity index (χ2v) is 3.91. The zero-order valence-corrected chi connectivity index (χ0v) is 10.0. The van der Waals surface area contributed by atoms with Gasteiger partial charge in [0.15, 0.2) is 6.61 Å². The number of carbonyl (C=O) groups is 1. The molecule has 94 valence electrons. The second-order valence-electron chi connectivity index (χ2n) is 3.47. The van der Waals surface area contributed by atoms with Crippen LogP contribution in [-0.4, -0.2) is 18.6 Å². The van der Waals surface area contributed by atoms with Crippen LogP contribution in [-0.2, 0) is 4.74 Å². The number of halogens is 4. The van der Waals surface area contributed by atoms with E-state index in [4.69, 9.17) is 11.6 Å². The van der Waals surface area contributed by atoms with E-state index in [2.05, 4.69) is 10.1 Å². The Balaban J connectivity index is 0.00000144. The Kier molecular flexibility index (Phi) is 4.16. The quantitative estimate of drug-likeness (QED) is 0.860. The third-order valence-electron chi connectivity index (χ3n) is 2.26. The molecule has 1 fully saturated rings. The molecule has 1 aromatic carbocycles. The summed E-state index contributed by atoms with van der Waals surface area (Å²) in [6, 6.07) is 4.61. The predicted octanol–water partition coefficient (Wildman–Crippen LogP) is 3.18. The predicted molar refractivity (Wildman–Crippen MR) is 60.9 cm³/mol. The lowest BCUT2D eigenvalue weighted by molar-refractivity contribution is -0.104. The topological polar surface area (TPSA) is 38.3 Å². The third kappa shape index (κ3) is 2.98. The van der Waals surface area contributed by atoms with Gasteiger partial charge in [-0.25, -0.2) is 13.6 Å². The van der Waals surface area contributed by atoms with Gasteiger partial charge in [-0.2, -0.15) is 0 Å². The van der Waals surface area contributed by atoms with Gasteiger partial charge in [-0.1, -0.05) is 23.7 Å². The molecule has 1 heterocycles. The van der Waals surface area contributed by atoms with E-state index in [0.29, 0.717) is 5.02 Å². The Morgan fingerprint density at radius 3 is 2.82 bits per heavy atom. The zero-order chi connectivity index (χ0) is 11.8. The van der Waals surface area contributed by atoms with E-state index in [1.165, 1.54) is 12.1 Å². The monoisotopic (exact) mass is 283 g/mol. The SMILES string of the molecule is Cl.O=C1N[C@H](c2cccc(Cl)c2)C(F)(F)CO1. The number of alkyl carbamates (subject to hydrolysis) is 1. The van der Waals surface area contributed by atoms with Crippen molar-refractivity contribution in [2.75, 3.05) is 6.61 Å². The van der Waals surface area contributed by atoms with Crippen molar-refractivity contribution in [2.24, 2.45) is 0 Å². The summed E-state index contributed by atoms with van der Waals surface area (Å²) < 4.78 is 31.2. The lowest BCUT2D eigenvalue weighted by atomic mass is 10.0. The fourth-order valence-corrected chi connectivity index (χ4v) is 1.72. The Hall–Kier alpha value is -1.07. The van der Waals surface area contributed by atoms with Gasteiger partial charge < -0.3 is 10.1 Å². The van der Waals surface area contributed by atoms with E-state index in [9.17, 15) is 13.6 Å². The molecule has 0 radical (unpaired) electrons. The molecule has 0 unspecified atom stereocenters. The van der Waals surface area contributed by atoms with Crippen molar-refractivity contribution in [1.82, 2.24) is 5.32 Å². The molecule has 3 nitrogen and oxygen atoms in total. The number of cyclic esters (lactones) is 1. The number of alkyl halides is 2. The summed E-state index contributed by atoms with van der Waals surface area (Å²) in [6.45, 7) is -0.921. The summed E-state index contributed by atoms with van der Waals surface area (Å²) in [5.41, 5.74) is 0.258. The van der Waals surface area contributed by atoms with Crippen LogP contribution in [0.3, 0.4) is 0 Å². The minimum atomic E-state index is -3.14. The molecule has 17 heavy (non-hydrogen) atoms. The lowest BCUT2D eigenvalue weighted by Gasteiger charge is -2.31. The van der Waals surface area contributed by atoms with Crippen LogP contribution in [0.2, 0.25) is 5.02 Å². The summed E-state index contributed by atoms with van der Waals surface area (Å²) in [5.74, 6) is -3.14. The van der Waals surface area contributed by atoms with Crippen LogP contribution in [0, 0.1) is 0 Å². The van der Waals surface area contributed by atoms with E-state index >= 15 is 0 Å². The first kappa shape index (κ1) is 14.0. The highest BCUT2D eigenvalue weighted by Crippen LogP contribution is 2.35. The van der Waals surface area contributed by atoms with Crippen LogP contribution in [0.25, 0.3) is 0 Å². The Bertz CT molecular complexity index is 429.